The first-order valence-electron chi connectivity index (χ1n) is 8.16. The maximum atomic E-state index is 12.6. The number of hydrogen-bond donors (Lipinski definition) is 2. The van der Waals surface area contributed by atoms with E-state index in [1.165, 1.54) is 0 Å². The Morgan fingerprint density at radius 1 is 1.22 bits per heavy atom. The molecular formula is C16H25NO6. The van der Waals surface area contributed by atoms with Gasteiger partial charge in [-0.3, -0.25) is 9.59 Å². The van der Waals surface area contributed by atoms with E-state index in [0.717, 1.165) is 4.90 Å². The minimum atomic E-state index is -2.17. The van der Waals surface area contributed by atoms with Gasteiger partial charge in [0.2, 0.25) is 5.79 Å². The second-order valence-corrected chi connectivity index (χ2v) is 6.90. The topological polar surface area (TPSA) is 104 Å². The molecule has 2 heterocycles. The zero-order valence-electron chi connectivity index (χ0n) is 13.8. The number of carboxylic acids is 1. The van der Waals surface area contributed by atoms with Gasteiger partial charge in [0.1, 0.15) is 6.04 Å². The Hall–Kier alpha value is -1.47. The highest BCUT2D eigenvalue weighted by Gasteiger charge is 2.53. The van der Waals surface area contributed by atoms with Crippen LogP contribution < -0.4 is 0 Å². The summed E-state index contributed by atoms with van der Waals surface area (Å²) in [4.78, 5) is 37.3. The summed E-state index contributed by atoms with van der Waals surface area (Å²) in [6.07, 6.45) is 1.82. The molecule has 23 heavy (non-hydrogen) atoms. The van der Waals surface area contributed by atoms with Gasteiger partial charge in [0.05, 0.1) is 6.10 Å². The molecule has 0 radical (unpaired) electrons. The second-order valence-electron chi connectivity index (χ2n) is 6.90. The predicted octanol–water partition coefficient (Wildman–Crippen LogP) is 0.791. The summed E-state index contributed by atoms with van der Waals surface area (Å²) in [5, 5.41) is 19.9. The molecule has 2 fully saturated rings. The van der Waals surface area contributed by atoms with Crippen LogP contribution in [0.2, 0.25) is 0 Å². The zero-order valence-corrected chi connectivity index (χ0v) is 13.8. The first kappa shape index (κ1) is 17.9. The molecule has 2 N–H and O–H groups in total. The van der Waals surface area contributed by atoms with E-state index in [9.17, 15) is 19.5 Å². The Labute approximate surface area is 135 Å². The number of nitrogens with zero attached hydrogens (tertiary/aromatic N) is 1. The standard InChI is InChI=1S/C16H25NO6/c1-9(2)12-7-6-10(3)16(22,23-12)13(18)14(19)17-8-4-5-11(17)15(20)21/h9-12,22H,4-8H2,1-3H3,(H,20,21). The van der Waals surface area contributed by atoms with E-state index in [1.807, 2.05) is 13.8 Å². The molecule has 2 rings (SSSR count). The molecule has 7 nitrogen and oxygen atoms in total. The van der Waals surface area contributed by atoms with Gasteiger partial charge in [-0.05, 0) is 31.6 Å². The van der Waals surface area contributed by atoms with Gasteiger partial charge in [0.25, 0.3) is 11.7 Å². The summed E-state index contributed by atoms with van der Waals surface area (Å²) in [6.45, 7) is 5.72. The number of aliphatic carboxylic acids is 1. The number of amides is 1. The third-order valence-corrected chi connectivity index (χ3v) is 4.95. The molecule has 0 aliphatic carbocycles. The summed E-state index contributed by atoms with van der Waals surface area (Å²) in [7, 11) is 0. The van der Waals surface area contributed by atoms with Gasteiger partial charge >= 0.3 is 5.97 Å². The van der Waals surface area contributed by atoms with E-state index >= 15 is 0 Å². The fraction of sp³-hybridized carbons (Fsp3) is 0.812. The van der Waals surface area contributed by atoms with Crippen molar-refractivity contribution in [2.45, 2.75) is 64.4 Å². The van der Waals surface area contributed by atoms with Crippen LogP contribution in [0.1, 0.15) is 46.5 Å². The van der Waals surface area contributed by atoms with Crippen LogP contribution in [0.15, 0.2) is 0 Å². The number of hydrogen-bond acceptors (Lipinski definition) is 5. The molecule has 2 saturated heterocycles. The lowest BCUT2D eigenvalue weighted by atomic mass is 9.84. The molecule has 0 aromatic heterocycles. The van der Waals surface area contributed by atoms with Gasteiger partial charge in [0, 0.05) is 12.5 Å². The quantitative estimate of drug-likeness (QED) is 0.740. The minimum Gasteiger partial charge on any atom is -0.480 e. The molecule has 0 aromatic carbocycles. The molecule has 0 spiro atoms. The van der Waals surface area contributed by atoms with E-state index in [4.69, 9.17) is 9.84 Å². The van der Waals surface area contributed by atoms with Crippen molar-refractivity contribution in [2.75, 3.05) is 6.54 Å². The molecule has 1 amide bonds. The number of aliphatic hydroxyl groups is 1. The van der Waals surface area contributed by atoms with Crippen molar-refractivity contribution in [2.24, 2.45) is 11.8 Å². The number of carbonyl (C=O) groups is 3. The van der Waals surface area contributed by atoms with E-state index in [1.54, 1.807) is 6.92 Å². The highest BCUT2D eigenvalue weighted by atomic mass is 16.6. The number of carbonyl (C=O) groups excluding carboxylic acids is 2. The molecule has 0 aromatic rings. The van der Waals surface area contributed by atoms with Crippen LogP contribution in [-0.2, 0) is 19.1 Å². The highest BCUT2D eigenvalue weighted by Crippen LogP contribution is 2.36. The number of ether oxygens (including phenoxy) is 1. The summed E-state index contributed by atoms with van der Waals surface area (Å²) in [6, 6.07) is -1.00. The van der Waals surface area contributed by atoms with Crippen LogP contribution in [0.5, 0.6) is 0 Å². The van der Waals surface area contributed by atoms with Gasteiger partial charge in [-0.1, -0.05) is 20.8 Å². The average Bonchev–Trinajstić information content (AvgIpc) is 2.98. The van der Waals surface area contributed by atoms with Crippen molar-refractivity contribution in [1.82, 2.24) is 4.90 Å². The van der Waals surface area contributed by atoms with Gasteiger partial charge in [-0.15, -0.1) is 0 Å². The van der Waals surface area contributed by atoms with Crippen LogP contribution in [0.25, 0.3) is 0 Å². The highest BCUT2D eigenvalue weighted by molar-refractivity contribution is 6.39. The van der Waals surface area contributed by atoms with Crippen molar-refractivity contribution >= 4 is 17.7 Å². The lowest BCUT2D eigenvalue weighted by molar-refractivity contribution is -0.269. The SMILES string of the molecule is CC(C)C1CCC(C)C(O)(C(=O)C(=O)N2CCCC2C(=O)O)O1. The molecule has 4 atom stereocenters. The Kier molecular flexibility index (Phi) is 5.10. The molecule has 2 aliphatic heterocycles. The number of likely N-dealkylation sites (tertiary alicyclic amines) is 1. The number of ketones is 1. The number of Topliss-reactive ketones (excluding diaryl/α,β-unsaturated/α-hetero) is 1. The van der Waals surface area contributed by atoms with Gasteiger partial charge < -0.3 is 19.8 Å². The first-order valence-corrected chi connectivity index (χ1v) is 8.16. The lowest BCUT2D eigenvalue weighted by Crippen LogP contribution is -2.59. The van der Waals surface area contributed by atoms with E-state index in [2.05, 4.69) is 0 Å². The molecule has 4 unspecified atom stereocenters. The molecule has 7 heteroatoms. The minimum absolute atomic E-state index is 0.107. The largest absolute Gasteiger partial charge is 0.480 e. The molecule has 0 bridgehead atoms. The average molecular weight is 327 g/mol. The van der Waals surface area contributed by atoms with Crippen LogP contribution in [0, 0.1) is 11.8 Å². The number of carboxylic acid groups (broad SMARTS) is 1. The van der Waals surface area contributed by atoms with E-state index in [-0.39, 0.29) is 18.6 Å². The van der Waals surface area contributed by atoms with E-state index in [0.29, 0.717) is 25.7 Å². The summed E-state index contributed by atoms with van der Waals surface area (Å²) >= 11 is 0. The van der Waals surface area contributed by atoms with Gasteiger partial charge in [-0.2, -0.15) is 0 Å². The Balaban J connectivity index is 2.19. The third kappa shape index (κ3) is 3.26. The van der Waals surface area contributed by atoms with Crippen LogP contribution in [-0.4, -0.2) is 57.3 Å². The summed E-state index contributed by atoms with van der Waals surface area (Å²) in [5.41, 5.74) is 0. The maximum Gasteiger partial charge on any atom is 0.326 e. The monoisotopic (exact) mass is 327 g/mol. The molecule has 130 valence electrons. The zero-order chi connectivity index (χ0) is 17.4. The van der Waals surface area contributed by atoms with Crippen LogP contribution in [0.4, 0.5) is 0 Å². The van der Waals surface area contributed by atoms with Crippen molar-refractivity contribution < 1.29 is 29.3 Å². The second kappa shape index (κ2) is 6.57. The summed E-state index contributed by atoms with van der Waals surface area (Å²) in [5.74, 6) is -5.73. The Morgan fingerprint density at radius 2 is 1.87 bits per heavy atom. The van der Waals surface area contributed by atoms with Crippen molar-refractivity contribution in [1.29, 1.82) is 0 Å². The third-order valence-electron chi connectivity index (χ3n) is 4.95. The van der Waals surface area contributed by atoms with Gasteiger partial charge in [-0.25, -0.2) is 4.79 Å². The first-order chi connectivity index (χ1) is 10.7. The van der Waals surface area contributed by atoms with E-state index < -0.39 is 35.4 Å². The molecule has 2 aliphatic rings. The van der Waals surface area contributed by atoms with Crippen molar-refractivity contribution in [3.8, 4) is 0 Å². The molecular weight excluding hydrogens is 302 g/mol. The molecule has 0 saturated carbocycles. The Morgan fingerprint density at radius 3 is 2.43 bits per heavy atom. The smallest absolute Gasteiger partial charge is 0.326 e. The van der Waals surface area contributed by atoms with Crippen LogP contribution >= 0.6 is 0 Å². The number of rotatable bonds is 4. The maximum absolute atomic E-state index is 12.6. The van der Waals surface area contributed by atoms with Gasteiger partial charge in [0.15, 0.2) is 0 Å². The Bertz CT molecular complexity index is 505. The van der Waals surface area contributed by atoms with Crippen LogP contribution in [0.3, 0.4) is 0 Å². The van der Waals surface area contributed by atoms with Crippen molar-refractivity contribution in [3.63, 3.8) is 0 Å². The van der Waals surface area contributed by atoms with Crippen molar-refractivity contribution in [3.05, 3.63) is 0 Å². The summed E-state index contributed by atoms with van der Waals surface area (Å²) < 4.78 is 5.60. The fourth-order valence-corrected chi connectivity index (χ4v) is 3.31. The predicted molar refractivity (Wildman–Crippen MR) is 80.4 cm³/mol. The lowest BCUT2D eigenvalue weighted by Gasteiger charge is -2.42. The normalized spacial score (nSPS) is 34.7. The fourth-order valence-electron chi connectivity index (χ4n) is 3.31.